The summed E-state index contributed by atoms with van der Waals surface area (Å²) in [5.74, 6) is 0.399. The number of carbonyl (C=O) groups excluding carboxylic acids is 2. The van der Waals surface area contributed by atoms with E-state index in [0.717, 1.165) is 25.7 Å². The normalized spacial score (nSPS) is 19.7. The van der Waals surface area contributed by atoms with Crippen LogP contribution in [-0.2, 0) is 14.3 Å². The summed E-state index contributed by atoms with van der Waals surface area (Å²) >= 11 is 11.9. The number of rotatable bonds is 8. The van der Waals surface area contributed by atoms with E-state index in [9.17, 15) is 9.59 Å². The van der Waals surface area contributed by atoms with Gasteiger partial charge in [-0.25, -0.2) is 0 Å². The second kappa shape index (κ2) is 10.6. The van der Waals surface area contributed by atoms with Crippen LogP contribution in [0.4, 0.5) is 0 Å². The summed E-state index contributed by atoms with van der Waals surface area (Å²) in [6.45, 7) is 0.908. The Hall–Kier alpha value is -1.46. The fourth-order valence-electron chi connectivity index (χ4n) is 3.25. The minimum absolute atomic E-state index is 0.0370. The van der Waals surface area contributed by atoms with E-state index in [2.05, 4.69) is 5.32 Å². The van der Waals surface area contributed by atoms with Crippen molar-refractivity contribution < 1.29 is 19.1 Å². The van der Waals surface area contributed by atoms with E-state index in [1.807, 2.05) is 0 Å². The van der Waals surface area contributed by atoms with E-state index < -0.39 is 0 Å². The van der Waals surface area contributed by atoms with Crippen LogP contribution in [0.2, 0.25) is 10.0 Å². The monoisotopic (exact) mass is 401 g/mol. The zero-order chi connectivity index (χ0) is 18.9. The SMILES string of the molecule is COC(=O)C1CCCCC1CNC(=O)CCCOc1ccc(Cl)cc1Cl. The highest BCUT2D eigenvalue weighted by Crippen LogP contribution is 2.30. The van der Waals surface area contributed by atoms with Crippen molar-refractivity contribution >= 4 is 35.1 Å². The van der Waals surface area contributed by atoms with Gasteiger partial charge < -0.3 is 14.8 Å². The van der Waals surface area contributed by atoms with Gasteiger partial charge in [-0.2, -0.15) is 0 Å². The molecule has 2 atom stereocenters. The van der Waals surface area contributed by atoms with E-state index in [1.54, 1.807) is 18.2 Å². The molecule has 1 N–H and O–H groups in total. The molecule has 0 radical (unpaired) electrons. The van der Waals surface area contributed by atoms with Crippen LogP contribution in [0.3, 0.4) is 0 Å². The van der Waals surface area contributed by atoms with Gasteiger partial charge in [-0.05, 0) is 43.4 Å². The molecule has 1 saturated carbocycles. The first kappa shape index (κ1) is 20.8. The molecule has 0 bridgehead atoms. The van der Waals surface area contributed by atoms with Crippen molar-refractivity contribution in [2.45, 2.75) is 38.5 Å². The molecule has 7 heteroatoms. The fourth-order valence-corrected chi connectivity index (χ4v) is 3.72. The highest BCUT2D eigenvalue weighted by Gasteiger charge is 2.31. The standard InChI is InChI=1S/C19H25Cl2NO4/c1-25-19(24)15-6-3-2-5-13(15)12-22-18(23)7-4-10-26-17-9-8-14(20)11-16(17)21/h8-9,11,13,15H,2-7,10,12H2,1H3,(H,22,23). The predicted octanol–water partition coefficient (Wildman–Crippen LogP) is 4.25. The second-order valence-electron chi connectivity index (χ2n) is 6.51. The van der Waals surface area contributed by atoms with E-state index >= 15 is 0 Å². The maximum absolute atomic E-state index is 12.0. The van der Waals surface area contributed by atoms with Gasteiger partial charge in [0.1, 0.15) is 5.75 Å². The smallest absolute Gasteiger partial charge is 0.309 e. The van der Waals surface area contributed by atoms with Crippen molar-refractivity contribution in [2.24, 2.45) is 11.8 Å². The molecular weight excluding hydrogens is 377 g/mol. The van der Waals surface area contributed by atoms with Gasteiger partial charge in [-0.1, -0.05) is 36.0 Å². The van der Waals surface area contributed by atoms with Gasteiger partial charge in [0.25, 0.3) is 0 Å². The number of nitrogens with one attached hydrogen (secondary N) is 1. The third kappa shape index (κ3) is 6.36. The molecule has 1 fully saturated rings. The Morgan fingerprint density at radius 3 is 2.73 bits per heavy atom. The average Bonchev–Trinajstić information content (AvgIpc) is 2.64. The number of methoxy groups -OCH3 is 1. The van der Waals surface area contributed by atoms with Crippen LogP contribution in [-0.4, -0.2) is 32.1 Å². The van der Waals surface area contributed by atoms with Crippen molar-refractivity contribution in [1.29, 1.82) is 0 Å². The molecule has 1 aromatic rings. The lowest BCUT2D eigenvalue weighted by Gasteiger charge is -2.29. The molecule has 0 aromatic heterocycles. The molecule has 0 saturated heterocycles. The van der Waals surface area contributed by atoms with Crippen LogP contribution in [0, 0.1) is 11.8 Å². The van der Waals surface area contributed by atoms with Gasteiger partial charge in [0.15, 0.2) is 0 Å². The first-order chi connectivity index (χ1) is 12.5. The van der Waals surface area contributed by atoms with Crippen LogP contribution in [0.15, 0.2) is 18.2 Å². The quantitative estimate of drug-likeness (QED) is 0.522. The summed E-state index contributed by atoms with van der Waals surface area (Å²) in [7, 11) is 1.42. The lowest BCUT2D eigenvalue weighted by molar-refractivity contribution is -0.148. The van der Waals surface area contributed by atoms with Gasteiger partial charge in [-0.15, -0.1) is 0 Å². The molecule has 5 nitrogen and oxygen atoms in total. The minimum atomic E-state index is -0.169. The van der Waals surface area contributed by atoms with Crippen molar-refractivity contribution in [3.8, 4) is 5.75 Å². The number of hydrogen-bond acceptors (Lipinski definition) is 4. The molecule has 0 spiro atoms. The lowest BCUT2D eigenvalue weighted by atomic mass is 9.79. The van der Waals surface area contributed by atoms with Crippen LogP contribution in [0.25, 0.3) is 0 Å². The Kier molecular flexibility index (Phi) is 8.52. The first-order valence-electron chi connectivity index (χ1n) is 8.93. The number of amides is 1. The molecule has 2 unspecified atom stereocenters. The maximum atomic E-state index is 12.0. The number of benzene rings is 1. The minimum Gasteiger partial charge on any atom is -0.492 e. The number of halogens is 2. The summed E-state index contributed by atoms with van der Waals surface area (Å²) in [5, 5.41) is 3.94. The molecule has 0 heterocycles. The third-order valence-corrected chi connectivity index (χ3v) is 5.20. The topological polar surface area (TPSA) is 64.6 Å². The average molecular weight is 402 g/mol. The van der Waals surface area contributed by atoms with Gasteiger partial charge in [-0.3, -0.25) is 9.59 Å². The molecule has 144 valence electrons. The Labute approximate surface area is 164 Å². The molecule has 26 heavy (non-hydrogen) atoms. The number of ether oxygens (including phenoxy) is 2. The van der Waals surface area contributed by atoms with Gasteiger partial charge in [0.05, 0.1) is 24.7 Å². The van der Waals surface area contributed by atoms with Crippen LogP contribution in [0.5, 0.6) is 5.75 Å². The van der Waals surface area contributed by atoms with Gasteiger partial charge in [0, 0.05) is 18.0 Å². The van der Waals surface area contributed by atoms with E-state index in [-0.39, 0.29) is 23.7 Å². The summed E-state index contributed by atoms with van der Waals surface area (Å²) in [6, 6.07) is 5.03. The maximum Gasteiger partial charge on any atom is 0.309 e. The molecule has 1 amide bonds. The van der Waals surface area contributed by atoms with Crippen LogP contribution in [0.1, 0.15) is 38.5 Å². The zero-order valence-corrected chi connectivity index (χ0v) is 16.4. The van der Waals surface area contributed by atoms with Crippen molar-refractivity contribution in [3.63, 3.8) is 0 Å². The summed E-state index contributed by atoms with van der Waals surface area (Å²) in [5.41, 5.74) is 0. The largest absolute Gasteiger partial charge is 0.492 e. The zero-order valence-electron chi connectivity index (χ0n) is 14.9. The Balaban J connectivity index is 1.67. The number of esters is 1. The molecule has 0 aliphatic heterocycles. The summed E-state index contributed by atoms with van der Waals surface area (Å²) in [6.07, 6.45) is 4.84. The third-order valence-electron chi connectivity index (χ3n) is 4.67. The predicted molar refractivity (Wildman–Crippen MR) is 102 cm³/mol. The molecule has 1 aliphatic carbocycles. The van der Waals surface area contributed by atoms with E-state index in [1.165, 1.54) is 7.11 Å². The number of carbonyl (C=O) groups is 2. The summed E-state index contributed by atoms with van der Waals surface area (Å²) in [4.78, 5) is 23.9. The molecule has 2 rings (SSSR count). The van der Waals surface area contributed by atoms with Crippen LogP contribution < -0.4 is 10.1 Å². The first-order valence-corrected chi connectivity index (χ1v) is 9.69. The van der Waals surface area contributed by atoms with Crippen molar-refractivity contribution in [2.75, 3.05) is 20.3 Å². The second-order valence-corrected chi connectivity index (χ2v) is 7.35. The highest BCUT2D eigenvalue weighted by molar-refractivity contribution is 6.35. The van der Waals surface area contributed by atoms with Gasteiger partial charge >= 0.3 is 5.97 Å². The van der Waals surface area contributed by atoms with E-state index in [4.69, 9.17) is 32.7 Å². The highest BCUT2D eigenvalue weighted by atomic mass is 35.5. The van der Waals surface area contributed by atoms with E-state index in [0.29, 0.717) is 41.8 Å². The lowest BCUT2D eigenvalue weighted by Crippen LogP contribution is -2.37. The molecule has 1 aliphatic rings. The molecular formula is C19H25Cl2NO4. The van der Waals surface area contributed by atoms with Crippen molar-refractivity contribution in [3.05, 3.63) is 28.2 Å². The fraction of sp³-hybridized carbons (Fsp3) is 0.579. The van der Waals surface area contributed by atoms with Crippen molar-refractivity contribution in [1.82, 2.24) is 5.32 Å². The Bertz CT molecular complexity index is 624. The van der Waals surface area contributed by atoms with Gasteiger partial charge in [0.2, 0.25) is 5.91 Å². The Morgan fingerprint density at radius 2 is 2.00 bits per heavy atom. The number of hydrogen-bond donors (Lipinski definition) is 1. The Morgan fingerprint density at radius 1 is 1.23 bits per heavy atom. The summed E-state index contributed by atoms with van der Waals surface area (Å²) < 4.78 is 10.4. The molecule has 1 aromatic carbocycles. The van der Waals surface area contributed by atoms with Crippen LogP contribution >= 0.6 is 23.2 Å².